The van der Waals surface area contributed by atoms with Crippen LogP contribution < -0.4 is 0 Å². The fraction of sp³-hybridized carbons (Fsp3) is 0. The summed E-state index contributed by atoms with van der Waals surface area (Å²) >= 11 is 2.24. The molecule has 0 N–H and O–H groups in total. The Bertz CT molecular complexity index is 423. The second kappa shape index (κ2) is 2.94. The average Bonchev–Trinajstić information content (AvgIpc) is 2.04. The van der Waals surface area contributed by atoms with E-state index < -0.39 is 0 Å². The quantitative estimate of drug-likeness (QED) is 0.651. The second-order valence-corrected chi connectivity index (χ2v) is 3.87. The van der Waals surface area contributed by atoms with Crippen molar-refractivity contribution in [3.8, 4) is 5.75 Å². The molecule has 0 spiro atoms. The number of hydrogen-bond donors (Lipinski definition) is 0. The van der Waals surface area contributed by atoms with Crippen LogP contribution in [0, 0.1) is 3.57 Å². The Morgan fingerprint density at radius 3 is 2.75 bits per heavy atom. The van der Waals surface area contributed by atoms with Gasteiger partial charge in [-0.15, -0.1) is 0 Å². The molecule has 0 fully saturated rings. The third kappa shape index (κ3) is 1.27. The van der Waals surface area contributed by atoms with Crippen LogP contribution in [-0.2, 0) is 5.11 Å². The fourth-order valence-electron chi connectivity index (χ4n) is 1.22. The van der Waals surface area contributed by atoms with Crippen LogP contribution in [0.15, 0.2) is 36.4 Å². The molecule has 0 heterocycles. The number of benzene rings is 2. The van der Waals surface area contributed by atoms with Gasteiger partial charge >= 0.3 is 0 Å². The van der Waals surface area contributed by atoms with Crippen molar-refractivity contribution < 1.29 is 5.11 Å². The van der Waals surface area contributed by atoms with E-state index in [-0.39, 0.29) is 5.75 Å². The SMILES string of the molecule is [O]c1cccc2cc(I)ccc12. The molecule has 1 nitrogen and oxygen atoms in total. The van der Waals surface area contributed by atoms with Gasteiger partial charge in [0, 0.05) is 8.96 Å². The molecule has 0 bridgehead atoms. The van der Waals surface area contributed by atoms with Gasteiger partial charge in [-0.05, 0) is 52.2 Å². The van der Waals surface area contributed by atoms with E-state index in [4.69, 9.17) is 0 Å². The van der Waals surface area contributed by atoms with Crippen LogP contribution in [0.4, 0.5) is 0 Å². The first-order chi connectivity index (χ1) is 5.77. The second-order valence-electron chi connectivity index (χ2n) is 2.62. The highest BCUT2D eigenvalue weighted by molar-refractivity contribution is 14.1. The molecule has 1 radical (unpaired) electrons. The molecule has 0 aliphatic heterocycles. The van der Waals surface area contributed by atoms with Crippen LogP contribution in [0.25, 0.3) is 10.8 Å². The Hall–Kier alpha value is -0.770. The van der Waals surface area contributed by atoms with Crippen LogP contribution in [-0.4, -0.2) is 0 Å². The van der Waals surface area contributed by atoms with Crippen molar-refractivity contribution in [2.24, 2.45) is 0 Å². The summed E-state index contributed by atoms with van der Waals surface area (Å²) in [5, 5.41) is 13.1. The van der Waals surface area contributed by atoms with Crippen molar-refractivity contribution in [3.05, 3.63) is 40.0 Å². The summed E-state index contributed by atoms with van der Waals surface area (Å²) in [6.45, 7) is 0. The highest BCUT2D eigenvalue weighted by Crippen LogP contribution is 2.25. The zero-order chi connectivity index (χ0) is 8.55. The maximum Gasteiger partial charge on any atom is 0.186 e. The highest BCUT2D eigenvalue weighted by atomic mass is 127. The zero-order valence-corrected chi connectivity index (χ0v) is 8.41. The minimum Gasteiger partial charge on any atom is -0.289 e. The van der Waals surface area contributed by atoms with Crippen LogP contribution >= 0.6 is 22.6 Å². The Balaban J connectivity index is 2.86. The van der Waals surface area contributed by atoms with Crippen molar-refractivity contribution in [2.75, 3.05) is 0 Å². The first-order valence-electron chi connectivity index (χ1n) is 3.63. The molecule has 2 rings (SSSR count). The van der Waals surface area contributed by atoms with E-state index in [1.165, 1.54) is 0 Å². The van der Waals surface area contributed by atoms with Gasteiger partial charge in [0.2, 0.25) is 0 Å². The lowest BCUT2D eigenvalue weighted by atomic mass is 10.1. The molecule has 0 aromatic heterocycles. The van der Waals surface area contributed by atoms with Gasteiger partial charge in [-0.25, -0.2) is 0 Å². The number of hydrogen-bond acceptors (Lipinski definition) is 0. The standard InChI is InChI=1S/C10H6IO/c11-8-4-5-9-7(6-8)2-1-3-10(9)12/h1-6H. The zero-order valence-electron chi connectivity index (χ0n) is 6.25. The van der Waals surface area contributed by atoms with Gasteiger partial charge in [0.25, 0.3) is 0 Å². The summed E-state index contributed by atoms with van der Waals surface area (Å²) in [7, 11) is 0. The van der Waals surface area contributed by atoms with Crippen molar-refractivity contribution in [3.63, 3.8) is 0 Å². The van der Waals surface area contributed by atoms with Gasteiger partial charge in [0.15, 0.2) is 5.75 Å². The maximum atomic E-state index is 11.3. The van der Waals surface area contributed by atoms with Gasteiger partial charge in [0.1, 0.15) is 0 Å². The Morgan fingerprint density at radius 2 is 1.92 bits per heavy atom. The van der Waals surface area contributed by atoms with Crippen LogP contribution in [0.3, 0.4) is 0 Å². The van der Waals surface area contributed by atoms with Gasteiger partial charge in [-0.3, -0.25) is 5.11 Å². The van der Waals surface area contributed by atoms with Crippen molar-refractivity contribution in [1.29, 1.82) is 0 Å². The van der Waals surface area contributed by atoms with Gasteiger partial charge < -0.3 is 0 Å². The van der Waals surface area contributed by atoms with Crippen molar-refractivity contribution >= 4 is 33.4 Å². The smallest absolute Gasteiger partial charge is 0.186 e. The number of rotatable bonds is 0. The Morgan fingerprint density at radius 1 is 1.08 bits per heavy atom. The van der Waals surface area contributed by atoms with Gasteiger partial charge in [0.05, 0.1) is 0 Å². The van der Waals surface area contributed by atoms with E-state index in [0.717, 1.165) is 14.3 Å². The molecule has 2 aromatic carbocycles. The van der Waals surface area contributed by atoms with Crippen LogP contribution in [0.5, 0.6) is 5.75 Å². The van der Waals surface area contributed by atoms with Crippen LogP contribution in [0.2, 0.25) is 0 Å². The summed E-state index contributed by atoms with van der Waals surface area (Å²) < 4.78 is 1.16. The lowest BCUT2D eigenvalue weighted by molar-refractivity contribution is 0.360. The molecular weight excluding hydrogens is 263 g/mol. The third-order valence-electron chi connectivity index (χ3n) is 1.80. The van der Waals surface area contributed by atoms with Crippen LogP contribution in [0.1, 0.15) is 0 Å². The van der Waals surface area contributed by atoms with E-state index in [1.54, 1.807) is 12.1 Å². The first-order valence-corrected chi connectivity index (χ1v) is 4.70. The summed E-state index contributed by atoms with van der Waals surface area (Å²) in [5.74, 6) is 0.101. The lowest BCUT2D eigenvalue weighted by Crippen LogP contribution is -1.74. The van der Waals surface area contributed by atoms with Crippen molar-refractivity contribution in [2.45, 2.75) is 0 Å². The minimum absolute atomic E-state index is 0.101. The van der Waals surface area contributed by atoms with E-state index in [2.05, 4.69) is 22.6 Å². The largest absolute Gasteiger partial charge is 0.289 e. The molecule has 2 aromatic rings. The molecule has 12 heavy (non-hydrogen) atoms. The molecular formula is C10H6IO. The number of halogens is 1. The maximum absolute atomic E-state index is 11.3. The molecule has 0 saturated carbocycles. The topological polar surface area (TPSA) is 19.9 Å². The summed E-state index contributed by atoms with van der Waals surface area (Å²) in [4.78, 5) is 0. The molecule has 0 aliphatic rings. The molecule has 0 unspecified atom stereocenters. The van der Waals surface area contributed by atoms with Gasteiger partial charge in [-0.1, -0.05) is 12.1 Å². The Labute approximate surface area is 84.2 Å². The fourth-order valence-corrected chi connectivity index (χ4v) is 1.74. The third-order valence-corrected chi connectivity index (χ3v) is 2.47. The predicted octanol–water partition coefficient (Wildman–Crippen LogP) is 3.59. The predicted molar refractivity (Wildman–Crippen MR) is 56.8 cm³/mol. The highest BCUT2D eigenvalue weighted by Gasteiger charge is 1.99. The molecule has 59 valence electrons. The first kappa shape index (κ1) is 7.86. The van der Waals surface area contributed by atoms with E-state index in [0.29, 0.717) is 0 Å². The Kier molecular flexibility index (Phi) is 1.92. The monoisotopic (exact) mass is 269 g/mol. The van der Waals surface area contributed by atoms with Crippen molar-refractivity contribution in [1.82, 2.24) is 0 Å². The minimum atomic E-state index is 0.101. The van der Waals surface area contributed by atoms with E-state index in [9.17, 15) is 5.11 Å². The number of fused-ring (bicyclic) bond motifs is 1. The average molecular weight is 269 g/mol. The summed E-state index contributed by atoms with van der Waals surface area (Å²) in [6, 6.07) is 11.2. The molecule has 2 heteroatoms. The lowest BCUT2D eigenvalue weighted by Gasteiger charge is -1.97. The molecule has 0 aliphatic carbocycles. The molecule has 0 saturated heterocycles. The summed E-state index contributed by atoms with van der Waals surface area (Å²) in [5.41, 5.74) is 0. The molecule has 0 atom stereocenters. The molecule has 0 amide bonds. The normalized spacial score (nSPS) is 10.4. The van der Waals surface area contributed by atoms with E-state index >= 15 is 0 Å². The van der Waals surface area contributed by atoms with Gasteiger partial charge in [-0.2, -0.15) is 0 Å². The van der Waals surface area contributed by atoms with E-state index in [1.807, 2.05) is 24.3 Å². The summed E-state index contributed by atoms with van der Waals surface area (Å²) in [6.07, 6.45) is 0.